The lowest BCUT2D eigenvalue weighted by Gasteiger charge is -2.16. The molecule has 4 nitrogen and oxygen atoms in total. The third-order valence-electron chi connectivity index (χ3n) is 3.04. The highest BCUT2D eigenvalue weighted by Crippen LogP contribution is 2.21. The van der Waals surface area contributed by atoms with Gasteiger partial charge in [-0.05, 0) is 17.7 Å². The molecule has 0 unspecified atom stereocenters. The van der Waals surface area contributed by atoms with Crippen LogP contribution in [0.2, 0.25) is 0 Å². The van der Waals surface area contributed by atoms with Gasteiger partial charge in [0.05, 0.1) is 13.0 Å². The van der Waals surface area contributed by atoms with Gasteiger partial charge in [0.2, 0.25) is 5.91 Å². The van der Waals surface area contributed by atoms with E-state index in [1.807, 2.05) is 0 Å². The Morgan fingerprint density at radius 1 is 1.44 bits per heavy atom. The number of methoxy groups -OCH3 is 1. The summed E-state index contributed by atoms with van der Waals surface area (Å²) in [5.74, 6) is -1.12. The highest BCUT2D eigenvalue weighted by atomic mass is 19.1. The molecule has 0 radical (unpaired) electrons. The summed E-state index contributed by atoms with van der Waals surface area (Å²) in [5, 5.41) is 0. The normalized spacial score (nSPS) is 19.1. The summed E-state index contributed by atoms with van der Waals surface area (Å²) in [6.45, 7) is 0.759. The largest absolute Gasteiger partial charge is 0.469 e. The maximum absolute atomic E-state index is 12.7. The van der Waals surface area contributed by atoms with Crippen LogP contribution in [0.1, 0.15) is 12.0 Å². The second-order valence-corrected chi connectivity index (χ2v) is 4.32. The second kappa shape index (κ2) is 5.16. The van der Waals surface area contributed by atoms with E-state index in [2.05, 4.69) is 4.74 Å². The Labute approximate surface area is 104 Å². The van der Waals surface area contributed by atoms with Crippen molar-refractivity contribution in [3.8, 4) is 0 Å². The van der Waals surface area contributed by atoms with Crippen LogP contribution in [0.3, 0.4) is 0 Å². The SMILES string of the molecule is COC(=O)[C@@H]1CC(=O)N(Cc2ccc(F)cc2)C1. The van der Waals surface area contributed by atoms with E-state index in [1.165, 1.54) is 19.2 Å². The molecule has 96 valence electrons. The molecule has 1 amide bonds. The van der Waals surface area contributed by atoms with Crippen molar-refractivity contribution in [2.75, 3.05) is 13.7 Å². The van der Waals surface area contributed by atoms with Gasteiger partial charge in [-0.3, -0.25) is 9.59 Å². The summed E-state index contributed by atoms with van der Waals surface area (Å²) in [7, 11) is 1.31. The number of rotatable bonds is 3. The fourth-order valence-corrected chi connectivity index (χ4v) is 2.06. The van der Waals surface area contributed by atoms with Crippen molar-refractivity contribution in [2.45, 2.75) is 13.0 Å². The van der Waals surface area contributed by atoms with Gasteiger partial charge in [0.1, 0.15) is 5.82 Å². The first-order valence-corrected chi connectivity index (χ1v) is 5.70. The summed E-state index contributed by atoms with van der Waals surface area (Å²) in [6.07, 6.45) is 0.188. The fraction of sp³-hybridized carbons (Fsp3) is 0.385. The number of benzene rings is 1. The first-order valence-electron chi connectivity index (χ1n) is 5.70. The molecule has 18 heavy (non-hydrogen) atoms. The highest BCUT2D eigenvalue weighted by Gasteiger charge is 2.34. The molecule has 1 heterocycles. The van der Waals surface area contributed by atoms with Crippen LogP contribution in [0.25, 0.3) is 0 Å². The summed E-state index contributed by atoms with van der Waals surface area (Å²) >= 11 is 0. The van der Waals surface area contributed by atoms with Crippen LogP contribution in [0.15, 0.2) is 24.3 Å². The molecule has 1 atom stereocenters. The third-order valence-corrected chi connectivity index (χ3v) is 3.04. The van der Waals surface area contributed by atoms with Gasteiger partial charge in [0.15, 0.2) is 0 Å². The van der Waals surface area contributed by atoms with Crippen LogP contribution in [0.5, 0.6) is 0 Å². The lowest BCUT2D eigenvalue weighted by molar-refractivity contribution is -0.145. The Balaban J connectivity index is 2.00. The molecule has 1 aromatic rings. The molecular weight excluding hydrogens is 237 g/mol. The Kier molecular flexibility index (Phi) is 3.60. The van der Waals surface area contributed by atoms with Gasteiger partial charge in [-0.2, -0.15) is 0 Å². The molecule has 0 N–H and O–H groups in total. The minimum Gasteiger partial charge on any atom is -0.469 e. The van der Waals surface area contributed by atoms with Crippen molar-refractivity contribution in [2.24, 2.45) is 5.92 Å². The summed E-state index contributed by atoms with van der Waals surface area (Å²) in [5.41, 5.74) is 0.843. The minimum absolute atomic E-state index is 0.0743. The van der Waals surface area contributed by atoms with Crippen LogP contribution >= 0.6 is 0 Å². The summed E-state index contributed by atoms with van der Waals surface area (Å²) < 4.78 is 17.4. The topological polar surface area (TPSA) is 46.6 Å². The maximum atomic E-state index is 12.7. The zero-order valence-electron chi connectivity index (χ0n) is 10.1. The van der Waals surface area contributed by atoms with E-state index in [1.54, 1.807) is 17.0 Å². The molecule has 0 aliphatic carbocycles. The van der Waals surface area contributed by atoms with Crippen molar-refractivity contribution in [3.05, 3.63) is 35.6 Å². The van der Waals surface area contributed by atoms with Gasteiger partial charge in [-0.15, -0.1) is 0 Å². The predicted octanol–water partition coefficient (Wildman–Crippen LogP) is 1.35. The average molecular weight is 251 g/mol. The Morgan fingerprint density at radius 3 is 2.72 bits per heavy atom. The van der Waals surface area contributed by atoms with E-state index in [9.17, 15) is 14.0 Å². The molecule has 2 rings (SSSR count). The first-order chi connectivity index (χ1) is 8.60. The van der Waals surface area contributed by atoms with Crippen LogP contribution < -0.4 is 0 Å². The lowest BCUT2D eigenvalue weighted by atomic mass is 10.1. The van der Waals surface area contributed by atoms with Gasteiger partial charge >= 0.3 is 5.97 Å². The molecule has 0 saturated carbocycles. The number of halogens is 1. The molecule has 1 aliphatic heterocycles. The number of likely N-dealkylation sites (tertiary alicyclic amines) is 1. The van der Waals surface area contributed by atoms with Gasteiger partial charge in [0, 0.05) is 19.5 Å². The average Bonchev–Trinajstić information content (AvgIpc) is 2.73. The van der Waals surface area contributed by atoms with Gasteiger partial charge in [-0.1, -0.05) is 12.1 Å². The Morgan fingerprint density at radius 2 is 2.11 bits per heavy atom. The smallest absolute Gasteiger partial charge is 0.310 e. The van der Waals surface area contributed by atoms with Crippen molar-refractivity contribution in [1.82, 2.24) is 4.90 Å². The van der Waals surface area contributed by atoms with Crippen molar-refractivity contribution >= 4 is 11.9 Å². The van der Waals surface area contributed by atoms with E-state index in [0.717, 1.165) is 5.56 Å². The molecule has 1 aromatic carbocycles. The standard InChI is InChI=1S/C13H14FNO3/c1-18-13(17)10-6-12(16)15(8-10)7-9-2-4-11(14)5-3-9/h2-5,10H,6-8H2,1H3/t10-/m1/s1. The second-order valence-electron chi connectivity index (χ2n) is 4.32. The lowest BCUT2D eigenvalue weighted by Crippen LogP contribution is -2.26. The summed E-state index contributed by atoms with van der Waals surface area (Å²) in [4.78, 5) is 24.7. The van der Waals surface area contributed by atoms with E-state index in [4.69, 9.17) is 0 Å². The van der Waals surface area contributed by atoms with Crippen LogP contribution in [-0.4, -0.2) is 30.4 Å². The zero-order valence-corrected chi connectivity index (χ0v) is 10.1. The minimum atomic E-state index is -0.386. The van der Waals surface area contributed by atoms with Crippen molar-refractivity contribution < 1.29 is 18.7 Å². The molecule has 0 bridgehead atoms. The van der Waals surface area contributed by atoms with E-state index < -0.39 is 0 Å². The van der Waals surface area contributed by atoms with Crippen LogP contribution in [-0.2, 0) is 20.9 Å². The molecular formula is C13H14FNO3. The number of hydrogen-bond acceptors (Lipinski definition) is 3. The van der Waals surface area contributed by atoms with Crippen molar-refractivity contribution in [3.63, 3.8) is 0 Å². The predicted molar refractivity (Wildman–Crippen MR) is 61.9 cm³/mol. The van der Waals surface area contributed by atoms with E-state index >= 15 is 0 Å². The molecule has 0 spiro atoms. The maximum Gasteiger partial charge on any atom is 0.310 e. The van der Waals surface area contributed by atoms with Crippen LogP contribution in [0, 0.1) is 11.7 Å². The molecule has 1 fully saturated rings. The van der Waals surface area contributed by atoms with Crippen molar-refractivity contribution in [1.29, 1.82) is 0 Å². The summed E-state index contributed by atoms with van der Waals surface area (Å²) in [6, 6.07) is 5.98. The van der Waals surface area contributed by atoms with Gasteiger partial charge < -0.3 is 9.64 Å². The Bertz CT molecular complexity index is 458. The molecule has 0 aromatic heterocycles. The van der Waals surface area contributed by atoms with Crippen LogP contribution in [0.4, 0.5) is 4.39 Å². The first kappa shape index (κ1) is 12.5. The van der Waals surface area contributed by atoms with Gasteiger partial charge in [0.25, 0.3) is 0 Å². The zero-order chi connectivity index (χ0) is 13.1. The number of carbonyl (C=O) groups excluding carboxylic acids is 2. The fourth-order valence-electron chi connectivity index (χ4n) is 2.06. The molecule has 1 aliphatic rings. The monoisotopic (exact) mass is 251 g/mol. The number of esters is 1. The highest BCUT2D eigenvalue weighted by molar-refractivity contribution is 5.86. The van der Waals surface area contributed by atoms with E-state index in [-0.39, 0.29) is 30.0 Å². The number of nitrogens with zero attached hydrogens (tertiary/aromatic N) is 1. The number of hydrogen-bond donors (Lipinski definition) is 0. The Hall–Kier alpha value is -1.91. The van der Waals surface area contributed by atoms with E-state index in [0.29, 0.717) is 13.1 Å². The third kappa shape index (κ3) is 2.67. The molecule has 5 heteroatoms. The van der Waals surface area contributed by atoms with Gasteiger partial charge in [-0.25, -0.2) is 4.39 Å². The number of amides is 1. The molecule has 1 saturated heterocycles. The number of carbonyl (C=O) groups is 2. The number of ether oxygens (including phenoxy) is 1. The quantitative estimate of drug-likeness (QED) is 0.762.